The SMILES string of the molecule is NC(=O)Cn1cc(Nc2ncc(F)c(NCc3c(Cl)cccc3Cl)n2)cn1. The molecule has 0 spiro atoms. The maximum Gasteiger partial charge on any atom is 0.239 e. The van der Waals surface area contributed by atoms with Gasteiger partial charge in [-0.1, -0.05) is 29.3 Å². The van der Waals surface area contributed by atoms with E-state index in [1.165, 1.54) is 10.9 Å². The van der Waals surface area contributed by atoms with Gasteiger partial charge in [0.1, 0.15) is 6.54 Å². The number of hydrogen-bond acceptors (Lipinski definition) is 6. The van der Waals surface area contributed by atoms with Crippen LogP contribution >= 0.6 is 23.2 Å². The van der Waals surface area contributed by atoms with E-state index in [1.807, 2.05) is 0 Å². The van der Waals surface area contributed by atoms with Crippen LogP contribution < -0.4 is 16.4 Å². The van der Waals surface area contributed by atoms with Crippen LogP contribution in [0.4, 0.5) is 21.8 Å². The van der Waals surface area contributed by atoms with Crippen molar-refractivity contribution >= 4 is 46.6 Å². The van der Waals surface area contributed by atoms with Gasteiger partial charge in [-0.2, -0.15) is 10.1 Å². The number of amides is 1. The summed E-state index contributed by atoms with van der Waals surface area (Å²) in [6.45, 7) is 0.125. The molecule has 2 heterocycles. The second kappa shape index (κ2) is 8.19. The minimum atomic E-state index is -0.631. The number of halogens is 3. The molecule has 3 aromatic rings. The topological polar surface area (TPSA) is 111 Å². The molecule has 2 aromatic heterocycles. The number of rotatable bonds is 7. The van der Waals surface area contributed by atoms with Crippen molar-refractivity contribution in [3.8, 4) is 0 Å². The molecule has 4 N–H and O–H groups in total. The first-order chi connectivity index (χ1) is 12.9. The summed E-state index contributed by atoms with van der Waals surface area (Å²) in [5.74, 6) is -1.03. The number of nitrogens with zero attached hydrogens (tertiary/aromatic N) is 4. The van der Waals surface area contributed by atoms with Crippen molar-refractivity contribution in [1.82, 2.24) is 19.7 Å². The van der Waals surface area contributed by atoms with Gasteiger partial charge in [0.2, 0.25) is 11.9 Å². The molecule has 0 aliphatic heterocycles. The van der Waals surface area contributed by atoms with E-state index in [0.29, 0.717) is 21.3 Å². The number of carbonyl (C=O) groups excluding carboxylic acids is 1. The fourth-order valence-corrected chi connectivity index (χ4v) is 2.76. The monoisotopic (exact) mass is 409 g/mol. The summed E-state index contributed by atoms with van der Waals surface area (Å²) in [7, 11) is 0. The Morgan fingerprint density at radius 3 is 2.70 bits per heavy atom. The lowest BCUT2D eigenvalue weighted by atomic mass is 10.2. The smallest absolute Gasteiger partial charge is 0.239 e. The third-order valence-corrected chi connectivity index (χ3v) is 4.15. The number of carbonyl (C=O) groups is 1. The minimum Gasteiger partial charge on any atom is -0.368 e. The van der Waals surface area contributed by atoms with Crippen molar-refractivity contribution in [2.45, 2.75) is 13.1 Å². The van der Waals surface area contributed by atoms with Gasteiger partial charge in [0.15, 0.2) is 11.6 Å². The van der Waals surface area contributed by atoms with E-state index < -0.39 is 11.7 Å². The lowest BCUT2D eigenvalue weighted by Gasteiger charge is -2.11. The van der Waals surface area contributed by atoms with Crippen LogP contribution in [0.1, 0.15) is 5.56 Å². The van der Waals surface area contributed by atoms with Crippen molar-refractivity contribution in [3.05, 3.63) is 58.2 Å². The van der Waals surface area contributed by atoms with E-state index in [-0.39, 0.29) is 24.9 Å². The van der Waals surface area contributed by atoms with Crippen LogP contribution in [0.25, 0.3) is 0 Å². The van der Waals surface area contributed by atoms with Gasteiger partial charge >= 0.3 is 0 Å². The Morgan fingerprint density at radius 1 is 1.26 bits per heavy atom. The number of hydrogen-bond donors (Lipinski definition) is 3. The maximum atomic E-state index is 14.0. The third-order valence-electron chi connectivity index (χ3n) is 3.45. The van der Waals surface area contributed by atoms with E-state index >= 15 is 0 Å². The molecule has 3 rings (SSSR count). The lowest BCUT2D eigenvalue weighted by molar-refractivity contribution is -0.118. The number of nitrogens with two attached hydrogens (primary N) is 1. The van der Waals surface area contributed by atoms with Crippen molar-refractivity contribution in [2.24, 2.45) is 5.73 Å². The van der Waals surface area contributed by atoms with Gasteiger partial charge in [-0.3, -0.25) is 9.48 Å². The van der Waals surface area contributed by atoms with Gasteiger partial charge in [-0.25, -0.2) is 9.37 Å². The lowest BCUT2D eigenvalue weighted by Crippen LogP contribution is -2.18. The molecular formula is C16H14Cl2FN7O. The Kier molecular flexibility index (Phi) is 5.72. The summed E-state index contributed by atoms with van der Waals surface area (Å²) in [4.78, 5) is 18.9. The summed E-state index contributed by atoms with van der Waals surface area (Å²) < 4.78 is 15.4. The van der Waals surface area contributed by atoms with Crippen LogP contribution in [-0.4, -0.2) is 25.7 Å². The van der Waals surface area contributed by atoms with E-state index in [4.69, 9.17) is 28.9 Å². The molecule has 140 valence electrons. The fourth-order valence-electron chi connectivity index (χ4n) is 2.23. The molecule has 8 nitrogen and oxygen atoms in total. The van der Waals surface area contributed by atoms with E-state index in [2.05, 4.69) is 25.7 Å². The Morgan fingerprint density at radius 2 is 2.00 bits per heavy atom. The second-order valence-electron chi connectivity index (χ2n) is 5.46. The Bertz CT molecular complexity index is 959. The number of benzene rings is 1. The van der Waals surface area contributed by atoms with Gasteiger partial charge in [0, 0.05) is 28.4 Å². The summed E-state index contributed by atoms with van der Waals surface area (Å²) in [5, 5.41) is 10.6. The minimum absolute atomic E-state index is 0.0204. The molecule has 11 heteroatoms. The quantitative estimate of drug-likeness (QED) is 0.553. The first kappa shape index (κ1) is 18.9. The molecule has 0 bridgehead atoms. The number of aromatic nitrogens is 4. The van der Waals surface area contributed by atoms with E-state index in [0.717, 1.165) is 6.20 Å². The highest BCUT2D eigenvalue weighted by Gasteiger charge is 2.11. The highest BCUT2D eigenvalue weighted by molar-refractivity contribution is 6.36. The Labute approximate surface area is 163 Å². The molecule has 0 radical (unpaired) electrons. The average molecular weight is 410 g/mol. The zero-order chi connectivity index (χ0) is 19.4. The first-order valence-electron chi connectivity index (χ1n) is 7.69. The Balaban J connectivity index is 1.72. The Hall–Kier alpha value is -2.91. The molecule has 1 aromatic carbocycles. The van der Waals surface area contributed by atoms with Gasteiger partial charge in [-0.05, 0) is 12.1 Å². The summed E-state index contributed by atoms with van der Waals surface area (Å²) >= 11 is 12.2. The molecule has 0 saturated heterocycles. The normalized spacial score (nSPS) is 10.6. The molecule has 0 aliphatic carbocycles. The highest BCUT2D eigenvalue weighted by Crippen LogP contribution is 2.25. The molecule has 27 heavy (non-hydrogen) atoms. The van der Waals surface area contributed by atoms with Gasteiger partial charge in [0.25, 0.3) is 0 Å². The number of primary amides is 1. The maximum absolute atomic E-state index is 14.0. The molecule has 0 saturated carbocycles. The third kappa shape index (κ3) is 4.83. The largest absolute Gasteiger partial charge is 0.368 e. The number of anilines is 3. The zero-order valence-electron chi connectivity index (χ0n) is 13.8. The van der Waals surface area contributed by atoms with E-state index in [9.17, 15) is 9.18 Å². The van der Waals surface area contributed by atoms with Crippen molar-refractivity contribution in [2.75, 3.05) is 10.6 Å². The molecule has 0 fully saturated rings. The standard InChI is InChI=1S/C16H14Cl2FN7O/c17-11-2-1-3-12(18)10(11)5-21-15-13(19)6-22-16(25-15)24-9-4-23-26(7-9)8-14(20)27/h1-4,6-7H,5,8H2,(H2,20,27)(H2,21,22,24,25). The molecule has 0 atom stereocenters. The highest BCUT2D eigenvalue weighted by atomic mass is 35.5. The van der Waals surface area contributed by atoms with Crippen LogP contribution in [0.5, 0.6) is 0 Å². The van der Waals surface area contributed by atoms with Crippen molar-refractivity contribution < 1.29 is 9.18 Å². The van der Waals surface area contributed by atoms with Gasteiger partial charge < -0.3 is 16.4 Å². The zero-order valence-corrected chi connectivity index (χ0v) is 15.3. The summed E-state index contributed by atoms with van der Waals surface area (Å²) in [6.07, 6.45) is 4.04. The van der Waals surface area contributed by atoms with Crippen LogP contribution in [0.3, 0.4) is 0 Å². The number of nitrogens with one attached hydrogen (secondary N) is 2. The molecular weight excluding hydrogens is 396 g/mol. The van der Waals surface area contributed by atoms with Crippen LogP contribution in [0.15, 0.2) is 36.8 Å². The van der Waals surface area contributed by atoms with Crippen LogP contribution in [0.2, 0.25) is 10.0 Å². The molecule has 0 aliphatic rings. The molecule has 1 amide bonds. The van der Waals surface area contributed by atoms with Crippen LogP contribution in [-0.2, 0) is 17.9 Å². The average Bonchev–Trinajstić information content (AvgIpc) is 3.03. The predicted octanol–water partition coefficient (Wildman–Crippen LogP) is 2.96. The first-order valence-corrected chi connectivity index (χ1v) is 8.45. The van der Waals surface area contributed by atoms with Gasteiger partial charge in [-0.15, -0.1) is 0 Å². The summed E-state index contributed by atoms with van der Waals surface area (Å²) in [6, 6.07) is 5.11. The van der Waals surface area contributed by atoms with Crippen molar-refractivity contribution in [3.63, 3.8) is 0 Å². The predicted molar refractivity (Wildman–Crippen MR) is 100 cm³/mol. The molecule has 0 unspecified atom stereocenters. The second-order valence-corrected chi connectivity index (χ2v) is 6.28. The summed E-state index contributed by atoms with van der Waals surface area (Å²) in [5.41, 5.74) is 6.25. The van der Waals surface area contributed by atoms with Crippen molar-refractivity contribution in [1.29, 1.82) is 0 Å². The van der Waals surface area contributed by atoms with Crippen LogP contribution in [0, 0.1) is 5.82 Å². The van der Waals surface area contributed by atoms with E-state index in [1.54, 1.807) is 24.4 Å². The fraction of sp³-hybridized carbons (Fsp3) is 0.125. The van der Waals surface area contributed by atoms with Gasteiger partial charge in [0.05, 0.1) is 18.1 Å².